The SMILES string of the molecule is O=C(NCc1n[nH]c(=O)c2ccccc12)c1ccccc1C(=O)c1ccccc1. The highest BCUT2D eigenvalue weighted by atomic mass is 16.2. The van der Waals surface area contributed by atoms with Crippen molar-refractivity contribution in [3.63, 3.8) is 0 Å². The average Bonchev–Trinajstić information content (AvgIpc) is 2.79. The lowest BCUT2D eigenvalue weighted by atomic mass is 9.98. The minimum absolute atomic E-state index is 0.115. The molecule has 1 aromatic heterocycles. The van der Waals surface area contributed by atoms with Crippen molar-refractivity contribution >= 4 is 22.5 Å². The summed E-state index contributed by atoms with van der Waals surface area (Å²) in [4.78, 5) is 37.5. The van der Waals surface area contributed by atoms with Gasteiger partial charge in [-0.3, -0.25) is 14.4 Å². The highest BCUT2D eigenvalue weighted by molar-refractivity contribution is 6.15. The standard InChI is InChI=1S/C23H17N3O3/c27-21(15-8-2-1-3-9-15)17-11-5-7-13-19(17)22(28)24-14-20-16-10-4-6-12-18(16)23(29)26-25-20/h1-13H,14H2,(H,24,28)(H,26,29). The number of fused-ring (bicyclic) bond motifs is 1. The molecule has 0 unspecified atom stereocenters. The van der Waals surface area contributed by atoms with E-state index in [1.54, 1.807) is 66.7 Å². The topological polar surface area (TPSA) is 91.9 Å². The summed E-state index contributed by atoms with van der Waals surface area (Å²) >= 11 is 0. The lowest BCUT2D eigenvalue weighted by molar-refractivity contribution is 0.0939. The molecule has 29 heavy (non-hydrogen) atoms. The molecule has 4 rings (SSSR count). The van der Waals surface area contributed by atoms with E-state index in [4.69, 9.17) is 0 Å². The molecule has 0 radical (unpaired) electrons. The maximum absolute atomic E-state index is 12.8. The summed E-state index contributed by atoms with van der Waals surface area (Å²) in [5.41, 5.74) is 1.39. The molecule has 1 amide bonds. The van der Waals surface area contributed by atoms with Gasteiger partial charge in [-0.1, -0.05) is 66.7 Å². The predicted octanol–water partition coefficient (Wildman–Crippen LogP) is 3.08. The molecule has 4 aromatic rings. The Morgan fingerprint density at radius 3 is 2.17 bits per heavy atom. The summed E-state index contributed by atoms with van der Waals surface area (Å²) in [6.07, 6.45) is 0. The molecule has 3 aromatic carbocycles. The highest BCUT2D eigenvalue weighted by Gasteiger charge is 2.18. The van der Waals surface area contributed by atoms with Crippen LogP contribution in [0.15, 0.2) is 83.7 Å². The number of aromatic amines is 1. The third kappa shape index (κ3) is 3.68. The number of ketones is 1. The van der Waals surface area contributed by atoms with Gasteiger partial charge in [0.2, 0.25) is 0 Å². The number of carbonyl (C=O) groups is 2. The van der Waals surface area contributed by atoms with Gasteiger partial charge in [-0.15, -0.1) is 0 Å². The Bertz CT molecular complexity index is 1260. The molecular formula is C23H17N3O3. The van der Waals surface area contributed by atoms with Gasteiger partial charge in [0.25, 0.3) is 11.5 Å². The summed E-state index contributed by atoms with van der Waals surface area (Å²) in [6.45, 7) is 0.115. The maximum atomic E-state index is 12.8. The molecule has 6 heteroatoms. The molecule has 142 valence electrons. The number of carbonyl (C=O) groups excluding carboxylic acids is 2. The van der Waals surface area contributed by atoms with Crippen LogP contribution in [0.5, 0.6) is 0 Å². The molecule has 0 aliphatic carbocycles. The van der Waals surface area contributed by atoms with Crippen LogP contribution < -0.4 is 10.9 Å². The third-order valence-corrected chi connectivity index (χ3v) is 4.64. The number of H-pyrrole nitrogens is 1. The summed E-state index contributed by atoms with van der Waals surface area (Å²) in [5.74, 6) is -0.606. The van der Waals surface area contributed by atoms with Crippen molar-refractivity contribution < 1.29 is 9.59 Å². The maximum Gasteiger partial charge on any atom is 0.272 e. The number of aromatic nitrogens is 2. The van der Waals surface area contributed by atoms with Crippen LogP contribution in [0.25, 0.3) is 10.8 Å². The molecule has 1 heterocycles. The zero-order valence-corrected chi connectivity index (χ0v) is 15.4. The first-order chi connectivity index (χ1) is 14.1. The van der Waals surface area contributed by atoms with E-state index in [0.717, 1.165) is 0 Å². The van der Waals surface area contributed by atoms with Crippen LogP contribution >= 0.6 is 0 Å². The minimum Gasteiger partial charge on any atom is -0.346 e. The van der Waals surface area contributed by atoms with Gasteiger partial charge in [0.15, 0.2) is 5.78 Å². The van der Waals surface area contributed by atoms with Crippen molar-refractivity contribution in [1.82, 2.24) is 15.5 Å². The second-order valence-corrected chi connectivity index (χ2v) is 6.47. The lowest BCUT2D eigenvalue weighted by Gasteiger charge is -2.10. The quantitative estimate of drug-likeness (QED) is 0.518. The molecular weight excluding hydrogens is 366 g/mol. The first-order valence-corrected chi connectivity index (χ1v) is 9.08. The van der Waals surface area contributed by atoms with E-state index in [1.807, 2.05) is 12.1 Å². The Morgan fingerprint density at radius 2 is 1.41 bits per heavy atom. The number of amides is 1. The van der Waals surface area contributed by atoms with Crippen molar-refractivity contribution in [2.24, 2.45) is 0 Å². The average molecular weight is 383 g/mol. The van der Waals surface area contributed by atoms with Crippen LogP contribution in [0.2, 0.25) is 0 Å². The van der Waals surface area contributed by atoms with Gasteiger partial charge >= 0.3 is 0 Å². The van der Waals surface area contributed by atoms with Crippen LogP contribution in [-0.2, 0) is 6.54 Å². The monoisotopic (exact) mass is 383 g/mol. The van der Waals surface area contributed by atoms with Gasteiger partial charge in [-0.2, -0.15) is 5.10 Å². The predicted molar refractivity (Wildman–Crippen MR) is 110 cm³/mol. The van der Waals surface area contributed by atoms with E-state index in [-0.39, 0.29) is 29.4 Å². The normalized spacial score (nSPS) is 10.6. The fourth-order valence-corrected chi connectivity index (χ4v) is 3.19. The van der Waals surface area contributed by atoms with Crippen LogP contribution in [0.3, 0.4) is 0 Å². The molecule has 6 nitrogen and oxygen atoms in total. The van der Waals surface area contributed by atoms with Crippen molar-refractivity contribution in [3.8, 4) is 0 Å². The fourth-order valence-electron chi connectivity index (χ4n) is 3.19. The molecule has 0 bridgehead atoms. The molecule has 0 fully saturated rings. The van der Waals surface area contributed by atoms with Crippen LogP contribution in [0.4, 0.5) is 0 Å². The van der Waals surface area contributed by atoms with E-state index >= 15 is 0 Å². The molecule has 2 N–H and O–H groups in total. The van der Waals surface area contributed by atoms with Crippen molar-refractivity contribution in [2.45, 2.75) is 6.54 Å². The number of rotatable bonds is 5. The minimum atomic E-state index is -0.387. The molecule has 0 aliphatic rings. The zero-order chi connectivity index (χ0) is 20.2. The van der Waals surface area contributed by atoms with Gasteiger partial charge in [-0.25, -0.2) is 5.10 Å². The van der Waals surface area contributed by atoms with E-state index in [9.17, 15) is 14.4 Å². The van der Waals surface area contributed by atoms with Gasteiger partial charge in [0, 0.05) is 16.5 Å². The molecule has 0 aliphatic heterocycles. The highest BCUT2D eigenvalue weighted by Crippen LogP contribution is 2.16. The first-order valence-electron chi connectivity index (χ1n) is 9.08. The smallest absolute Gasteiger partial charge is 0.272 e. The number of hydrogen-bond donors (Lipinski definition) is 2. The van der Waals surface area contributed by atoms with Gasteiger partial charge in [-0.05, 0) is 12.1 Å². The number of benzene rings is 3. The van der Waals surface area contributed by atoms with Crippen LogP contribution in [0.1, 0.15) is 32.0 Å². The van der Waals surface area contributed by atoms with Crippen LogP contribution in [0, 0.1) is 0 Å². The van der Waals surface area contributed by atoms with E-state index in [2.05, 4.69) is 15.5 Å². The Balaban J connectivity index is 1.60. The zero-order valence-electron chi connectivity index (χ0n) is 15.4. The Labute approximate surface area is 166 Å². The Kier molecular flexibility index (Phi) is 4.99. The first kappa shape index (κ1) is 18.3. The van der Waals surface area contributed by atoms with Gasteiger partial charge < -0.3 is 5.32 Å². The third-order valence-electron chi connectivity index (χ3n) is 4.64. The summed E-state index contributed by atoms with van der Waals surface area (Å²) < 4.78 is 0. The summed E-state index contributed by atoms with van der Waals surface area (Å²) in [6, 6.07) is 22.6. The molecule has 0 atom stereocenters. The van der Waals surface area contributed by atoms with E-state index < -0.39 is 0 Å². The van der Waals surface area contributed by atoms with Crippen LogP contribution in [-0.4, -0.2) is 21.9 Å². The number of nitrogens with zero attached hydrogens (tertiary/aromatic N) is 1. The Morgan fingerprint density at radius 1 is 0.793 bits per heavy atom. The van der Waals surface area contributed by atoms with E-state index in [0.29, 0.717) is 27.6 Å². The largest absolute Gasteiger partial charge is 0.346 e. The van der Waals surface area contributed by atoms with Crippen molar-refractivity contribution in [3.05, 3.63) is 112 Å². The second kappa shape index (κ2) is 7.90. The molecule has 0 spiro atoms. The molecule has 0 saturated heterocycles. The fraction of sp³-hybridized carbons (Fsp3) is 0.0435. The van der Waals surface area contributed by atoms with E-state index in [1.165, 1.54) is 0 Å². The lowest BCUT2D eigenvalue weighted by Crippen LogP contribution is -2.26. The summed E-state index contributed by atoms with van der Waals surface area (Å²) in [5, 5.41) is 10.5. The number of hydrogen-bond acceptors (Lipinski definition) is 4. The summed E-state index contributed by atoms with van der Waals surface area (Å²) in [7, 11) is 0. The molecule has 0 saturated carbocycles. The van der Waals surface area contributed by atoms with Crippen molar-refractivity contribution in [1.29, 1.82) is 0 Å². The Hall–Kier alpha value is -4.06. The van der Waals surface area contributed by atoms with Gasteiger partial charge in [0.1, 0.15) is 0 Å². The van der Waals surface area contributed by atoms with Crippen molar-refractivity contribution in [2.75, 3.05) is 0 Å². The second-order valence-electron chi connectivity index (χ2n) is 6.47. The number of nitrogens with one attached hydrogen (secondary N) is 2. The van der Waals surface area contributed by atoms with Gasteiger partial charge in [0.05, 0.1) is 23.2 Å².